The van der Waals surface area contributed by atoms with Crippen LogP contribution < -0.4 is 5.32 Å². The third-order valence-electron chi connectivity index (χ3n) is 2.03. The molecular weight excluding hydrogens is 249 g/mol. The van der Waals surface area contributed by atoms with E-state index < -0.39 is 24.1 Å². The van der Waals surface area contributed by atoms with Crippen LogP contribution in [0.25, 0.3) is 0 Å². The topological polar surface area (TPSA) is 66.4 Å². The van der Waals surface area contributed by atoms with Gasteiger partial charge in [0.05, 0.1) is 5.02 Å². The molecule has 1 amide bonds. The number of carboxylic acid groups (broad SMARTS) is 1. The van der Waals surface area contributed by atoms with E-state index in [1.165, 1.54) is 12.1 Å². The lowest BCUT2D eigenvalue weighted by atomic mass is 10.1. The molecule has 0 aromatic heterocycles. The number of carbonyl (C=O) groups is 2. The van der Waals surface area contributed by atoms with Gasteiger partial charge in [-0.3, -0.25) is 9.59 Å². The molecule has 92 valence electrons. The molecule has 0 aliphatic heterocycles. The number of hydrogen-bond donors (Lipinski definition) is 2. The molecule has 0 radical (unpaired) electrons. The third kappa shape index (κ3) is 4.82. The summed E-state index contributed by atoms with van der Waals surface area (Å²) in [5, 5.41) is 10.8. The Labute approximate surface area is 102 Å². The van der Waals surface area contributed by atoms with Gasteiger partial charge < -0.3 is 10.4 Å². The largest absolute Gasteiger partial charge is 0.481 e. The van der Waals surface area contributed by atoms with E-state index in [9.17, 15) is 14.0 Å². The number of hydrogen-bond acceptors (Lipinski definition) is 2. The highest BCUT2D eigenvalue weighted by Gasteiger charge is 2.06. The summed E-state index contributed by atoms with van der Waals surface area (Å²) in [5.74, 6) is -2.22. The van der Waals surface area contributed by atoms with Crippen molar-refractivity contribution < 1.29 is 19.1 Å². The number of benzene rings is 1. The molecule has 2 N–H and O–H groups in total. The van der Waals surface area contributed by atoms with Crippen molar-refractivity contribution in [1.29, 1.82) is 0 Å². The zero-order chi connectivity index (χ0) is 12.8. The number of aliphatic carboxylic acids is 1. The van der Waals surface area contributed by atoms with Gasteiger partial charge in [0.25, 0.3) is 0 Å². The molecule has 0 heterocycles. The molecule has 4 nitrogen and oxygen atoms in total. The van der Waals surface area contributed by atoms with Gasteiger partial charge in [-0.1, -0.05) is 17.7 Å². The third-order valence-corrected chi connectivity index (χ3v) is 2.32. The van der Waals surface area contributed by atoms with Gasteiger partial charge in [-0.25, -0.2) is 4.39 Å². The number of carboxylic acids is 1. The number of halogens is 2. The van der Waals surface area contributed by atoms with Crippen molar-refractivity contribution in [3.8, 4) is 0 Å². The monoisotopic (exact) mass is 259 g/mol. The quantitative estimate of drug-likeness (QED) is 0.790. The second-order valence-electron chi connectivity index (χ2n) is 3.42. The Morgan fingerprint density at radius 2 is 2.12 bits per heavy atom. The summed E-state index contributed by atoms with van der Waals surface area (Å²) in [4.78, 5) is 21.2. The normalized spacial score (nSPS) is 10.0. The van der Waals surface area contributed by atoms with Crippen LogP contribution in [-0.2, 0) is 16.0 Å². The van der Waals surface area contributed by atoms with Crippen molar-refractivity contribution in [2.45, 2.75) is 12.8 Å². The van der Waals surface area contributed by atoms with Gasteiger partial charge in [0.1, 0.15) is 12.2 Å². The summed E-state index contributed by atoms with van der Waals surface area (Å²) >= 11 is 5.58. The Kier molecular flexibility index (Phi) is 4.90. The van der Waals surface area contributed by atoms with Gasteiger partial charge in [0.15, 0.2) is 0 Å². The summed E-state index contributed by atoms with van der Waals surface area (Å²) in [7, 11) is 0. The van der Waals surface area contributed by atoms with Crippen LogP contribution in [0.2, 0.25) is 5.02 Å². The lowest BCUT2D eigenvalue weighted by molar-refractivity contribution is -0.140. The molecule has 1 aromatic carbocycles. The van der Waals surface area contributed by atoms with Crippen LogP contribution in [0, 0.1) is 5.82 Å². The maximum Gasteiger partial charge on any atom is 0.312 e. The first-order valence-electron chi connectivity index (χ1n) is 4.91. The van der Waals surface area contributed by atoms with Crippen LogP contribution in [-0.4, -0.2) is 23.5 Å². The van der Waals surface area contributed by atoms with Gasteiger partial charge in [-0.05, 0) is 24.1 Å². The molecule has 0 atom stereocenters. The zero-order valence-corrected chi connectivity index (χ0v) is 9.63. The van der Waals surface area contributed by atoms with Crippen molar-refractivity contribution >= 4 is 23.5 Å². The number of carbonyl (C=O) groups excluding carboxylic acids is 1. The van der Waals surface area contributed by atoms with Crippen LogP contribution in [0.15, 0.2) is 18.2 Å². The van der Waals surface area contributed by atoms with Crippen molar-refractivity contribution in [2.75, 3.05) is 6.54 Å². The molecule has 1 rings (SSSR count). The molecule has 6 heteroatoms. The molecule has 0 spiro atoms. The van der Waals surface area contributed by atoms with Gasteiger partial charge in [0.2, 0.25) is 5.91 Å². The number of amides is 1. The Balaban J connectivity index is 2.38. The summed E-state index contributed by atoms with van der Waals surface area (Å²) in [6.45, 7) is 0.286. The molecule has 1 aromatic rings. The van der Waals surface area contributed by atoms with Crippen molar-refractivity contribution in [3.63, 3.8) is 0 Å². The average Bonchev–Trinajstić information content (AvgIpc) is 2.22. The Bertz CT molecular complexity index is 437. The minimum atomic E-state index is -1.17. The lowest BCUT2D eigenvalue weighted by Gasteiger charge is -2.04. The zero-order valence-electron chi connectivity index (χ0n) is 8.87. The summed E-state index contributed by atoms with van der Waals surface area (Å²) in [5.41, 5.74) is 0.770. The predicted octanol–water partition coefficient (Wildman–Crippen LogP) is 1.61. The molecule has 0 bridgehead atoms. The molecule has 0 aliphatic carbocycles. The highest BCUT2D eigenvalue weighted by Crippen LogP contribution is 2.15. The molecule has 0 fully saturated rings. The van der Waals surface area contributed by atoms with Gasteiger partial charge in [0, 0.05) is 6.54 Å². The SMILES string of the molecule is O=C(O)CC(=O)NCCc1ccc(F)c(Cl)c1. The van der Waals surface area contributed by atoms with Crippen LogP contribution in [0.5, 0.6) is 0 Å². The molecular formula is C11H11ClFNO3. The highest BCUT2D eigenvalue weighted by atomic mass is 35.5. The van der Waals surface area contributed by atoms with Crippen LogP contribution in [0.4, 0.5) is 4.39 Å². The Morgan fingerprint density at radius 1 is 1.41 bits per heavy atom. The molecule has 0 aliphatic rings. The standard InChI is InChI=1S/C11H11ClFNO3/c12-8-5-7(1-2-9(8)13)3-4-14-10(15)6-11(16)17/h1-2,5H,3-4,6H2,(H,14,15)(H,16,17). The van der Waals surface area contributed by atoms with E-state index in [1.807, 2.05) is 0 Å². The van der Waals surface area contributed by atoms with E-state index >= 15 is 0 Å². The summed E-state index contributed by atoms with van der Waals surface area (Å²) in [6, 6.07) is 4.28. The molecule has 17 heavy (non-hydrogen) atoms. The van der Waals surface area contributed by atoms with Crippen LogP contribution in [0.1, 0.15) is 12.0 Å². The van der Waals surface area contributed by atoms with Crippen molar-refractivity contribution in [2.24, 2.45) is 0 Å². The highest BCUT2D eigenvalue weighted by molar-refractivity contribution is 6.30. The minimum absolute atomic E-state index is 0.0272. The Hall–Kier alpha value is -1.62. The van der Waals surface area contributed by atoms with Crippen LogP contribution >= 0.6 is 11.6 Å². The fraction of sp³-hybridized carbons (Fsp3) is 0.273. The van der Waals surface area contributed by atoms with E-state index in [0.29, 0.717) is 6.42 Å². The van der Waals surface area contributed by atoms with Crippen LogP contribution in [0.3, 0.4) is 0 Å². The maximum absolute atomic E-state index is 12.8. The second-order valence-corrected chi connectivity index (χ2v) is 3.83. The summed E-state index contributed by atoms with van der Waals surface area (Å²) in [6.07, 6.45) is -0.0878. The number of nitrogens with one attached hydrogen (secondary N) is 1. The second kappa shape index (κ2) is 6.20. The number of rotatable bonds is 5. The summed E-state index contributed by atoms with van der Waals surface area (Å²) < 4.78 is 12.8. The van der Waals surface area contributed by atoms with Gasteiger partial charge in [-0.15, -0.1) is 0 Å². The Morgan fingerprint density at radius 3 is 2.71 bits per heavy atom. The fourth-order valence-corrected chi connectivity index (χ4v) is 1.44. The van der Waals surface area contributed by atoms with E-state index in [0.717, 1.165) is 5.56 Å². The van der Waals surface area contributed by atoms with Gasteiger partial charge >= 0.3 is 5.97 Å². The lowest BCUT2D eigenvalue weighted by Crippen LogP contribution is -2.27. The first-order valence-corrected chi connectivity index (χ1v) is 5.29. The minimum Gasteiger partial charge on any atom is -0.481 e. The first kappa shape index (κ1) is 13.4. The van der Waals surface area contributed by atoms with Gasteiger partial charge in [-0.2, -0.15) is 0 Å². The first-order chi connectivity index (χ1) is 7.99. The average molecular weight is 260 g/mol. The molecule has 0 saturated carbocycles. The van der Waals surface area contributed by atoms with Crippen molar-refractivity contribution in [1.82, 2.24) is 5.32 Å². The molecule has 0 unspecified atom stereocenters. The molecule has 0 saturated heterocycles. The predicted molar refractivity (Wildman–Crippen MR) is 60.4 cm³/mol. The van der Waals surface area contributed by atoms with E-state index in [2.05, 4.69) is 5.32 Å². The smallest absolute Gasteiger partial charge is 0.312 e. The van der Waals surface area contributed by atoms with E-state index in [1.54, 1.807) is 6.07 Å². The van der Waals surface area contributed by atoms with E-state index in [4.69, 9.17) is 16.7 Å². The van der Waals surface area contributed by atoms with E-state index in [-0.39, 0.29) is 11.6 Å². The fourth-order valence-electron chi connectivity index (χ4n) is 1.24. The van der Waals surface area contributed by atoms with Crippen molar-refractivity contribution in [3.05, 3.63) is 34.6 Å². The maximum atomic E-state index is 12.8.